The summed E-state index contributed by atoms with van der Waals surface area (Å²) in [5.41, 5.74) is 14.7. The van der Waals surface area contributed by atoms with Crippen molar-refractivity contribution in [3.8, 4) is 0 Å². The molecule has 108 valence electrons. The number of rotatable bonds is 2. The Morgan fingerprint density at radius 1 is 1.30 bits per heavy atom. The van der Waals surface area contributed by atoms with Crippen LogP contribution in [0.5, 0.6) is 0 Å². The third-order valence-corrected chi connectivity index (χ3v) is 4.17. The zero-order valence-electron chi connectivity index (χ0n) is 11.9. The van der Waals surface area contributed by atoms with Crippen molar-refractivity contribution in [2.45, 2.75) is 19.0 Å². The van der Waals surface area contributed by atoms with E-state index in [9.17, 15) is 0 Å². The maximum atomic E-state index is 6.20. The van der Waals surface area contributed by atoms with Gasteiger partial charge in [-0.25, -0.2) is 0 Å². The Morgan fingerprint density at radius 2 is 2.00 bits per heavy atom. The average Bonchev–Trinajstić information content (AvgIpc) is 2.46. The molecule has 0 saturated carbocycles. The van der Waals surface area contributed by atoms with Crippen molar-refractivity contribution in [2.24, 2.45) is 22.4 Å². The Balaban J connectivity index is 2.04. The molecule has 1 fully saturated rings. The summed E-state index contributed by atoms with van der Waals surface area (Å²) >= 11 is 0. The lowest BCUT2D eigenvalue weighted by atomic mass is 9.84. The van der Waals surface area contributed by atoms with E-state index in [-0.39, 0.29) is 18.0 Å². The molecular formula is C15H23N5. The highest BCUT2D eigenvalue weighted by Crippen LogP contribution is 2.33. The lowest BCUT2D eigenvalue weighted by molar-refractivity contribution is 0.268. The quantitative estimate of drug-likeness (QED) is 0.660. The third kappa shape index (κ3) is 2.27. The van der Waals surface area contributed by atoms with E-state index in [0.717, 1.165) is 31.8 Å². The second-order valence-corrected chi connectivity index (χ2v) is 5.63. The Labute approximate surface area is 120 Å². The van der Waals surface area contributed by atoms with E-state index < -0.39 is 0 Å². The molecule has 3 unspecified atom stereocenters. The molecule has 0 aromatic heterocycles. The molecule has 0 spiro atoms. The van der Waals surface area contributed by atoms with E-state index in [1.165, 1.54) is 5.70 Å². The molecule has 2 heterocycles. The van der Waals surface area contributed by atoms with Crippen molar-refractivity contribution in [3.05, 3.63) is 35.6 Å². The fraction of sp³-hybridized carbons (Fsp3) is 0.533. The Hall–Kier alpha value is -1.59. The Morgan fingerprint density at radius 3 is 2.70 bits per heavy atom. The summed E-state index contributed by atoms with van der Waals surface area (Å²) in [6.45, 7) is 6.00. The highest BCUT2D eigenvalue weighted by atomic mass is 15.2. The first-order valence-corrected chi connectivity index (χ1v) is 7.32. The van der Waals surface area contributed by atoms with Crippen LogP contribution in [0.15, 0.2) is 40.6 Å². The lowest BCUT2D eigenvalue weighted by Crippen LogP contribution is -2.49. The zero-order chi connectivity index (χ0) is 14.1. The number of amidine groups is 1. The number of nitrogens with two attached hydrogens (primary N) is 2. The molecule has 0 radical (unpaired) electrons. The van der Waals surface area contributed by atoms with Crippen LogP contribution in [0.2, 0.25) is 0 Å². The Bertz CT molecular complexity index is 494. The third-order valence-electron chi connectivity index (χ3n) is 4.17. The summed E-state index contributed by atoms with van der Waals surface area (Å²) in [5.74, 6) is 0.876. The fourth-order valence-corrected chi connectivity index (χ4v) is 3.27. The minimum atomic E-state index is -0.0936. The molecular weight excluding hydrogens is 250 g/mol. The second-order valence-electron chi connectivity index (χ2n) is 5.63. The van der Waals surface area contributed by atoms with Gasteiger partial charge in [0.2, 0.25) is 0 Å². The second kappa shape index (κ2) is 5.42. The zero-order valence-corrected chi connectivity index (χ0v) is 11.9. The summed E-state index contributed by atoms with van der Waals surface area (Å²) in [6, 6.07) is 0.0243. The van der Waals surface area contributed by atoms with Crippen molar-refractivity contribution in [2.75, 3.05) is 26.2 Å². The van der Waals surface area contributed by atoms with Crippen LogP contribution >= 0.6 is 0 Å². The topological polar surface area (TPSA) is 79.7 Å². The number of piperazine rings is 1. The molecule has 1 aliphatic carbocycles. The summed E-state index contributed by atoms with van der Waals surface area (Å²) < 4.78 is 0. The number of dihydropyridines is 1. The lowest BCUT2D eigenvalue weighted by Gasteiger charge is -2.41. The van der Waals surface area contributed by atoms with Gasteiger partial charge in [0.15, 0.2) is 0 Å². The van der Waals surface area contributed by atoms with Crippen LogP contribution in [0, 0.1) is 5.92 Å². The molecule has 5 heteroatoms. The SMILES string of the molecule is CC(N)C1=C(N2CCNCC2)C2C=CC=CC2N=C1N. The molecule has 0 aromatic rings. The molecule has 3 aliphatic rings. The highest BCUT2D eigenvalue weighted by Gasteiger charge is 2.35. The number of hydrogen-bond donors (Lipinski definition) is 3. The number of nitrogens with one attached hydrogen (secondary N) is 1. The van der Waals surface area contributed by atoms with Crippen LogP contribution in [0.3, 0.4) is 0 Å². The van der Waals surface area contributed by atoms with Gasteiger partial charge in [-0.15, -0.1) is 0 Å². The molecule has 5 N–H and O–H groups in total. The first-order chi connectivity index (χ1) is 9.68. The van der Waals surface area contributed by atoms with E-state index in [1.54, 1.807) is 0 Å². The molecule has 0 aromatic carbocycles. The van der Waals surface area contributed by atoms with Gasteiger partial charge < -0.3 is 21.7 Å². The van der Waals surface area contributed by atoms with E-state index in [0.29, 0.717) is 5.84 Å². The fourth-order valence-electron chi connectivity index (χ4n) is 3.27. The molecule has 5 nitrogen and oxygen atoms in total. The number of hydrogen-bond acceptors (Lipinski definition) is 5. The van der Waals surface area contributed by atoms with Gasteiger partial charge >= 0.3 is 0 Å². The first kappa shape index (κ1) is 13.4. The van der Waals surface area contributed by atoms with E-state index >= 15 is 0 Å². The predicted octanol–water partition coefficient (Wildman–Crippen LogP) is -0.0255. The van der Waals surface area contributed by atoms with E-state index in [2.05, 4.69) is 33.4 Å². The van der Waals surface area contributed by atoms with Crippen molar-refractivity contribution >= 4 is 5.84 Å². The molecule has 20 heavy (non-hydrogen) atoms. The molecule has 2 aliphatic heterocycles. The molecule has 1 saturated heterocycles. The molecule has 0 amide bonds. The van der Waals surface area contributed by atoms with Gasteiger partial charge in [-0.3, -0.25) is 4.99 Å². The molecule has 0 bridgehead atoms. The van der Waals surface area contributed by atoms with Gasteiger partial charge in [0.1, 0.15) is 5.84 Å². The van der Waals surface area contributed by atoms with E-state index in [4.69, 9.17) is 11.5 Å². The normalized spacial score (nSPS) is 31.1. The van der Waals surface area contributed by atoms with Crippen molar-refractivity contribution in [1.29, 1.82) is 0 Å². The maximum absolute atomic E-state index is 6.20. The minimum Gasteiger partial charge on any atom is -0.384 e. The monoisotopic (exact) mass is 273 g/mol. The van der Waals surface area contributed by atoms with Crippen LogP contribution in [0.1, 0.15) is 6.92 Å². The van der Waals surface area contributed by atoms with Gasteiger partial charge in [-0.2, -0.15) is 0 Å². The largest absolute Gasteiger partial charge is 0.384 e. The summed E-state index contributed by atoms with van der Waals surface area (Å²) in [5, 5.41) is 3.39. The molecule has 3 rings (SSSR count). The van der Waals surface area contributed by atoms with Gasteiger partial charge in [0.05, 0.1) is 6.04 Å². The number of allylic oxidation sites excluding steroid dienone is 2. The van der Waals surface area contributed by atoms with Gasteiger partial charge in [-0.1, -0.05) is 24.3 Å². The smallest absolute Gasteiger partial charge is 0.125 e. The first-order valence-electron chi connectivity index (χ1n) is 7.32. The van der Waals surface area contributed by atoms with Crippen LogP contribution in [-0.4, -0.2) is 49.0 Å². The minimum absolute atomic E-state index is 0.0936. The Kier molecular flexibility index (Phi) is 3.63. The van der Waals surface area contributed by atoms with Crippen molar-refractivity contribution in [1.82, 2.24) is 10.2 Å². The van der Waals surface area contributed by atoms with Gasteiger partial charge in [0, 0.05) is 49.4 Å². The van der Waals surface area contributed by atoms with Gasteiger partial charge in [-0.05, 0) is 6.92 Å². The highest BCUT2D eigenvalue weighted by molar-refractivity contribution is 6.00. The number of aliphatic imine (C=N–C) groups is 1. The van der Waals surface area contributed by atoms with Gasteiger partial charge in [0.25, 0.3) is 0 Å². The molecule has 3 atom stereocenters. The van der Waals surface area contributed by atoms with Crippen molar-refractivity contribution < 1.29 is 0 Å². The summed E-state index contributed by atoms with van der Waals surface area (Å²) in [6.07, 6.45) is 8.49. The summed E-state index contributed by atoms with van der Waals surface area (Å²) in [7, 11) is 0. The van der Waals surface area contributed by atoms with Crippen LogP contribution in [0.25, 0.3) is 0 Å². The number of nitrogens with zero attached hydrogens (tertiary/aromatic N) is 2. The average molecular weight is 273 g/mol. The summed E-state index contributed by atoms with van der Waals surface area (Å²) in [4.78, 5) is 7.06. The van der Waals surface area contributed by atoms with Crippen LogP contribution < -0.4 is 16.8 Å². The van der Waals surface area contributed by atoms with Crippen molar-refractivity contribution in [3.63, 3.8) is 0 Å². The van der Waals surface area contributed by atoms with Crippen LogP contribution in [-0.2, 0) is 0 Å². The van der Waals surface area contributed by atoms with E-state index in [1.807, 2.05) is 13.0 Å². The van der Waals surface area contributed by atoms with Crippen LogP contribution in [0.4, 0.5) is 0 Å². The standard InChI is InChI=1S/C15H23N5/c1-10(16)13-14(20-8-6-18-7-9-20)11-4-2-3-5-12(11)19-15(13)17/h2-5,10-12,18H,6-9,16H2,1H3,(H2,17,19). The maximum Gasteiger partial charge on any atom is 0.125 e. The predicted molar refractivity (Wildman–Crippen MR) is 82.3 cm³/mol. The number of fused-ring (bicyclic) bond motifs is 1.